The quantitative estimate of drug-likeness (QED) is 0.219. The highest BCUT2D eigenvalue weighted by molar-refractivity contribution is 8.02. The number of anilines is 1. The number of hydrogen-bond donors (Lipinski definition) is 3. The van der Waals surface area contributed by atoms with Crippen LogP contribution in [0.25, 0.3) is 11.1 Å². The van der Waals surface area contributed by atoms with Crippen molar-refractivity contribution in [3.63, 3.8) is 0 Å². The molecule has 0 aliphatic heterocycles. The predicted octanol–water partition coefficient (Wildman–Crippen LogP) is 5.10. The minimum Gasteiger partial charge on any atom is -0.480 e. The van der Waals surface area contributed by atoms with Crippen molar-refractivity contribution >= 4 is 33.4 Å². The summed E-state index contributed by atoms with van der Waals surface area (Å²) < 4.78 is 28.5. The number of carboxylic acids is 1. The number of thioether (sulfide) groups is 1. The number of aryl methyl sites for hydroxylation is 3. The van der Waals surface area contributed by atoms with E-state index in [0.29, 0.717) is 27.4 Å². The molecule has 38 heavy (non-hydrogen) atoms. The largest absolute Gasteiger partial charge is 0.480 e. The number of nitrogens with zero attached hydrogens (tertiary/aromatic N) is 1. The van der Waals surface area contributed by atoms with Crippen LogP contribution in [0.15, 0.2) is 76.8 Å². The summed E-state index contributed by atoms with van der Waals surface area (Å²) in [4.78, 5) is 22.3. The van der Waals surface area contributed by atoms with E-state index in [9.17, 15) is 28.4 Å². The fourth-order valence-electron chi connectivity index (χ4n) is 4.24. The van der Waals surface area contributed by atoms with Crippen molar-refractivity contribution in [3.8, 4) is 11.1 Å². The Morgan fingerprint density at radius 2 is 1.68 bits per heavy atom. The van der Waals surface area contributed by atoms with Gasteiger partial charge in [-0.05, 0) is 73.4 Å². The highest BCUT2D eigenvalue weighted by Crippen LogP contribution is 2.26. The molecule has 3 aromatic rings. The van der Waals surface area contributed by atoms with E-state index in [2.05, 4.69) is 10.0 Å². The van der Waals surface area contributed by atoms with Crippen LogP contribution in [0.3, 0.4) is 0 Å². The van der Waals surface area contributed by atoms with E-state index in [1.165, 1.54) is 11.8 Å². The molecule has 0 aliphatic rings. The van der Waals surface area contributed by atoms with E-state index in [4.69, 9.17) is 0 Å². The Labute approximate surface area is 226 Å². The number of carboxylic acid groups (broad SMARTS) is 1. The topological polar surface area (TPSA) is 139 Å². The van der Waals surface area contributed by atoms with Crippen LogP contribution in [0.2, 0.25) is 0 Å². The molecule has 0 heterocycles. The standard InChI is InChI=1S/C27H29N3O6S2/c1-17-12-18(2)26(19(3)13-17)38(35,36)29-24(27(31)32)14-20-8-10-21(11-9-20)22-6-5-7-23(15-22)28-25(37-4)16-30(33)34/h5-13,15-16,24,28-29H,14H2,1-4H3,(H,31,32)/t24-/m0/s1. The zero-order valence-corrected chi connectivity index (χ0v) is 23.0. The molecule has 0 fully saturated rings. The normalized spacial score (nSPS) is 12.7. The van der Waals surface area contributed by atoms with E-state index in [1.807, 2.05) is 37.3 Å². The summed E-state index contributed by atoms with van der Waals surface area (Å²) in [5, 5.41) is 24.0. The van der Waals surface area contributed by atoms with Gasteiger partial charge in [0.25, 0.3) is 6.20 Å². The summed E-state index contributed by atoms with van der Waals surface area (Å²) in [5.41, 5.74) is 5.05. The number of rotatable bonds is 11. The number of nitrogens with one attached hydrogen (secondary N) is 2. The second-order valence-corrected chi connectivity index (χ2v) is 11.3. The fourth-order valence-corrected chi connectivity index (χ4v) is 6.29. The lowest BCUT2D eigenvalue weighted by Gasteiger charge is -2.18. The molecule has 0 spiro atoms. The summed E-state index contributed by atoms with van der Waals surface area (Å²) in [6.07, 6.45) is 2.60. The summed E-state index contributed by atoms with van der Waals surface area (Å²) in [6, 6.07) is 16.6. The number of sulfonamides is 1. The van der Waals surface area contributed by atoms with Gasteiger partial charge in [0.05, 0.1) is 9.82 Å². The lowest BCUT2D eigenvalue weighted by Crippen LogP contribution is -2.42. The number of benzene rings is 3. The Balaban J connectivity index is 1.79. The van der Waals surface area contributed by atoms with Gasteiger partial charge in [-0.25, -0.2) is 8.42 Å². The van der Waals surface area contributed by atoms with Gasteiger partial charge < -0.3 is 10.4 Å². The van der Waals surface area contributed by atoms with Gasteiger partial charge in [0.1, 0.15) is 11.1 Å². The minimum atomic E-state index is -4.06. The van der Waals surface area contributed by atoms with Crippen LogP contribution in [0.5, 0.6) is 0 Å². The number of aliphatic carboxylic acids is 1. The van der Waals surface area contributed by atoms with E-state index in [1.54, 1.807) is 50.4 Å². The van der Waals surface area contributed by atoms with Gasteiger partial charge in [-0.2, -0.15) is 4.72 Å². The lowest BCUT2D eigenvalue weighted by atomic mass is 10.0. The first-order valence-electron chi connectivity index (χ1n) is 11.6. The second kappa shape index (κ2) is 12.2. The number of nitro groups is 1. The van der Waals surface area contributed by atoms with Crippen molar-refractivity contribution < 1.29 is 23.2 Å². The van der Waals surface area contributed by atoms with Crippen molar-refractivity contribution in [1.82, 2.24) is 4.72 Å². The maximum Gasteiger partial charge on any atom is 0.322 e. The van der Waals surface area contributed by atoms with Crippen LogP contribution in [0.4, 0.5) is 5.69 Å². The van der Waals surface area contributed by atoms with Crippen LogP contribution in [0, 0.1) is 30.9 Å². The molecule has 0 aromatic heterocycles. The summed E-state index contributed by atoms with van der Waals surface area (Å²) >= 11 is 1.22. The molecule has 0 aliphatic carbocycles. The number of carbonyl (C=O) groups is 1. The molecule has 3 N–H and O–H groups in total. The molecular weight excluding hydrogens is 526 g/mol. The Morgan fingerprint density at radius 1 is 1.05 bits per heavy atom. The first-order chi connectivity index (χ1) is 17.9. The maximum absolute atomic E-state index is 13.1. The molecule has 0 amide bonds. The van der Waals surface area contributed by atoms with Crippen LogP contribution in [-0.4, -0.2) is 36.7 Å². The minimum absolute atomic E-state index is 0.0385. The third-order valence-electron chi connectivity index (χ3n) is 5.77. The first-order valence-corrected chi connectivity index (χ1v) is 14.3. The van der Waals surface area contributed by atoms with Gasteiger partial charge in [-0.1, -0.05) is 54.1 Å². The molecule has 200 valence electrons. The van der Waals surface area contributed by atoms with Crippen molar-refractivity contribution in [2.75, 3.05) is 11.6 Å². The molecule has 3 rings (SSSR count). The van der Waals surface area contributed by atoms with Crippen molar-refractivity contribution in [3.05, 3.63) is 104 Å². The van der Waals surface area contributed by atoms with E-state index in [-0.39, 0.29) is 11.3 Å². The third kappa shape index (κ3) is 7.44. The molecule has 11 heteroatoms. The Bertz CT molecular complexity index is 1460. The van der Waals surface area contributed by atoms with Gasteiger partial charge in [-0.15, -0.1) is 11.8 Å². The molecule has 0 saturated carbocycles. The zero-order chi connectivity index (χ0) is 28.0. The van der Waals surface area contributed by atoms with E-state index < -0.39 is 27.0 Å². The van der Waals surface area contributed by atoms with Gasteiger partial charge in [0, 0.05) is 5.69 Å². The van der Waals surface area contributed by atoms with Crippen LogP contribution in [-0.2, 0) is 21.2 Å². The van der Waals surface area contributed by atoms with Gasteiger partial charge in [-0.3, -0.25) is 14.9 Å². The maximum atomic E-state index is 13.1. The van der Waals surface area contributed by atoms with Crippen LogP contribution < -0.4 is 10.0 Å². The molecule has 0 saturated heterocycles. The SMILES string of the molecule is CSC(=C[N+](=O)[O-])Nc1cccc(-c2ccc(C[C@H](NS(=O)(=O)c3c(C)cc(C)cc3C)C(=O)O)cc2)c1. The van der Waals surface area contributed by atoms with Crippen molar-refractivity contribution in [2.45, 2.75) is 38.1 Å². The molecule has 9 nitrogen and oxygen atoms in total. The first kappa shape index (κ1) is 28.9. The molecule has 3 aromatic carbocycles. The van der Waals surface area contributed by atoms with Crippen molar-refractivity contribution in [2.24, 2.45) is 0 Å². The smallest absolute Gasteiger partial charge is 0.322 e. The molecule has 0 bridgehead atoms. The van der Waals surface area contributed by atoms with Crippen LogP contribution >= 0.6 is 11.8 Å². The monoisotopic (exact) mass is 555 g/mol. The highest BCUT2D eigenvalue weighted by Gasteiger charge is 2.28. The lowest BCUT2D eigenvalue weighted by molar-refractivity contribution is -0.402. The van der Waals surface area contributed by atoms with Gasteiger partial charge in [0.2, 0.25) is 10.0 Å². The van der Waals surface area contributed by atoms with Gasteiger partial charge in [0.15, 0.2) is 0 Å². The van der Waals surface area contributed by atoms with Crippen molar-refractivity contribution in [1.29, 1.82) is 0 Å². The van der Waals surface area contributed by atoms with Gasteiger partial charge >= 0.3 is 5.97 Å². The summed E-state index contributed by atoms with van der Waals surface area (Å²) in [6.45, 7) is 5.25. The highest BCUT2D eigenvalue weighted by atomic mass is 32.2. The third-order valence-corrected chi connectivity index (χ3v) is 8.19. The molecule has 0 unspecified atom stereocenters. The fraction of sp³-hybridized carbons (Fsp3) is 0.222. The Hall–Kier alpha value is -3.67. The molecule has 0 radical (unpaired) electrons. The average molecular weight is 556 g/mol. The summed E-state index contributed by atoms with van der Waals surface area (Å²) in [7, 11) is -4.06. The second-order valence-electron chi connectivity index (χ2n) is 8.83. The predicted molar refractivity (Wildman–Crippen MR) is 150 cm³/mol. The average Bonchev–Trinajstić information content (AvgIpc) is 2.82. The zero-order valence-electron chi connectivity index (χ0n) is 21.4. The van der Waals surface area contributed by atoms with E-state index >= 15 is 0 Å². The molecular formula is C27H29N3O6S2. The Morgan fingerprint density at radius 3 is 2.24 bits per heavy atom. The van der Waals surface area contributed by atoms with Crippen LogP contribution in [0.1, 0.15) is 22.3 Å². The summed E-state index contributed by atoms with van der Waals surface area (Å²) in [5.74, 6) is -1.27. The molecule has 1 atom stereocenters. The number of hydrogen-bond acceptors (Lipinski definition) is 7. The van der Waals surface area contributed by atoms with E-state index in [0.717, 1.165) is 22.9 Å². The Kier molecular flexibility index (Phi) is 9.31.